The van der Waals surface area contributed by atoms with Gasteiger partial charge in [-0.15, -0.1) is 21.5 Å². The van der Waals surface area contributed by atoms with Gasteiger partial charge >= 0.3 is 0 Å². The van der Waals surface area contributed by atoms with E-state index in [0.29, 0.717) is 42.9 Å². The molecule has 5 aliphatic heterocycles. The number of hydrogen-bond donors (Lipinski definition) is 1. The van der Waals surface area contributed by atoms with Crippen LogP contribution in [0.25, 0.3) is 5.00 Å². The minimum Gasteiger partial charge on any atom is -0.366 e. The number of nitrogens with zero attached hydrogens (tertiary/aromatic N) is 8. The highest BCUT2D eigenvalue weighted by molar-refractivity contribution is 7.15. The number of carbonyl (C=O) groups is 5. The number of nitrogens with one attached hydrogen (secondary N) is 1. The lowest BCUT2D eigenvalue weighted by molar-refractivity contribution is -0.136. The lowest BCUT2D eigenvalue weighted by atomic mass is 9.93. The number of aliphatic imine (C=N–C) groups is 1. The molecule has 17 heteroatoms. The Hall–Kier alpha value is -5.32. The molecular weight excluding hydrogens is 821 g/mol. The van der Waals surface area contributed by atoms with Gasteiger partial charge in [0.2, 0.25) is 17.7 Å². The molecule has 61 heavy (non-hydrogen) atoms. The van der Waals surface area contributed by atoms with Gasteiger partial charge in [-0.3, -0.25) is 48.6 Å². The van der Waals surface area contributed by atoms with Crippen molar-refractivity contribution in [2.24, 2.45) is 10.9 Å². The standard InChI is InChI=1S/C44H47ClFN9O5S/c1-22-19-52(35-17-31-30(16-32(35)46)42(59)55(43(31)60)34-10-11-36(56)48-41(34)58)20-23(2)53(22)21-27-12-14-51(15-13-27)37(57)18-33-40-50-49-26(5)54(40)44-38(24(3)25(4)61-44)39(47-33)28-6-8-29(45)9-7-28/h6-9,16-17,22-23,27,33-34H,10-15,18-21H2,1-5H3,(H,48,56,58)/t22?,23?,33-,34?/m0/s1. The summed E-state index contributed by atoms with van der Waals surface area (Å²) in [7, 11) is 0. The van der Waals surface area contributed by atoms with Crippen LogP contribution < -0.4 is 10.2 Å². The summed E-state index contributed by atoms with van der Waals surface area (Å²) in [5.74, 6) is -1.38. The average molecular weight is 868 g/mol. The molecule has 4 atom stereocenters. The summed E-state index contributed by atoms with van der Waals surface area (Å²) in [6.45, 7) is 13.5. The quantitative estimate of drug-likeness (QED) is 0.235. The molecule has 2 aromatic heterocycles. The number of rotatable bonds is 7. The van der Waals surface area contributed by atoms with Gasteiger partial charge in [-0.25, -0.2) is 4.39 Å². The Labute approximate surface area is 361 Å². The molecule has 3 fully saturated rings. The summed E-state index contributed by atoms with van der Waals surface area (Å²) in [4.78, 5) is 78.7. The highest BCUT2D eigenvalue weighted by Gasteiger charge is 2.46. The largest absolute Gasteiger partial charge is 0.366 e. The molecule has 5 aliphatic rings. The predicted molar refractivity (Wildman–Crippen MR) is 228 cm³/mol. The molecule has 0 saturated carbocycles. The number of piperazine rings is 1. The molecule has 0 aliphatic carbocycles. The first kappa shape index (κ1) is 41.1. The first-order valence-corrected chi connectivity index (χ1v) is 22.1. The van der Waals surface area contributed by atoms with Crippen LogP contribution in [-0.4, -0.2) is 116 Å². The van der Waals surface area contributed by atoms with Gasteiger partial charge in [0.1, 0.15) is 28.7 Å². The first-order valence-electron chi connectivity index (χ1n) is 20.9. The zero-order chi connectivity index (χ0) is 43.0. The third-order valence-electron chi connectivity index (χ3n) is 13.1. The molecule has 3 saturated heterocycles. The predicted octanol–water partition coefficient (Wildman–Crippen LogP) is 5.57. The van der Waals surface area contributed by atoms with Crippen LogP contribution in [0.1, 0.15) is 106 Å². The molecule has 7 heterocycles. The number of piperidine rings is 2. The number of anilines is 1. The first-order chi connectivity index (χ1) is 29.2. The molecule has 318 valence electrons. The zero-order valence-electron chi connectivity index (χ0n) is 34.7. The maximum absolute atomic E-state index is 15.8. The summed E-state index contributed by atoms with van der Waals surface area (Å²) in [5.41, 5.74) is 4.12. The summed E-state index contributed by atoms with van der Waals surface area (Å²) < 4.78 is 17.8. The number of aryl methyl sites for hydroxylation is 2. The lowest BCUT2D eigenvalue weighted by Crippen LogP contribution is -2.58. The van der Waals surface area contributed by atoms with E-state index in [0.717, 1.165) is 63.6 Å². The van der Waals surface area contributed by atoms with Crippen molar-refractivity contribution in [2.75, 3.05) is 37.6 Å². The van der Waals surface area contributed by atoms with E-state index < -0.39 is 41.5 Å². The second kappa shape index (κ2) is 15.9. The monoisotopic (exact) mass is 867 g/mol. The van der Waals surface area contributed by atoms with Crippen LogP contribution in [0, 0.1) is 32.5 Å². The Kier molecular flexibility index (Phi) is 10.7. The van der Waals surface area contributed by atoms with Crippen LogP contribution >= 0.6 is 22.9 Å². The van der Waals surface area contributed by atoms with Crippen molar-refractivity contribution in [3.63, 3.8) is 0 Å². The van der Waals surface area contributed by atoms with Crippen LogP contribution in [0.15, 0.2) is 41.4 Å². The normalized spacial score (nSPS) is 23.5. The van der Waals surface area contributed by atoms with Gasteiger partial charge in [0.25, 0.3) is 11.8 Å². The van der Waals surface area contributed by atoms with E-state index in [1.165, 1.54) is 10.9 Å². The SMILES string of the molecule is Cc1sc2c(c1C)C(c1ccc(Cl)cc1)=N[C@@H](CC(=O)N1CCC(CN3C(C)CN(c4cc5c(cc4F)C(=O)N(C4CCC(=O)NC4=O)C5=O)CC3C)CC1)c1nnc(C)n1-2. The Morgan fingerprint density at radius 2 is 1.61 bits per heavy atom. The van der Waals surface area contributed by atoms with Crippen molar-refractivity contribution < 1.29 is 28.4 Å². The smallest absolute Gasteiger partial charge is 0.262 e. The van der Waals surface area contributed by atoms with Crippen molar-refractivity contribution in [3.8, 4) is 5.00 Å². The van der Waals surface area contributed by atoms with E-state index in [1.54, 1.807) is 11.3 Å². The molecule has 3 unspecified atom stereocenters. The van der Waals surface area contributed by atoms with E-state index >= 15 is 4.39 Å². The third-order valence-corrected chi connectivity index (χ3v) is 14.6. The maximum Gasteiger partial charge on any atom is 0.262 e. The molecule has 4 aromatic rings. The number of imide groups is 2. The average Bonchev–Trinajstić information content (AvgIpc) is 3.79. The van der Waals surface area contributed by atoms with Crippen molar-refractivity contribution in [2.45, 2.75) is 90.9 Å². The molecule has 5 amide bonds. The number of likely N-dealkylation sites (tertiary alicyclic amines) is 1. The molecule has 9 rings (SSSR count). The van der Waals surface area contributed by atoms with E-state index in [2.05, 4.69) is 52.7 Å². The summed E-state index contributed by atoms with van der Waals surface area (Å²) in [6, 6.07) is 8.64. The minimum absolute atomic E-state index is 0.00585. The van der Waals surface area contributed by atoms with Crippen molar-refractivity contribution in [1.82, 2.24) is 34.8 Å². The Morgan fingerprint density at radius 1 is 0.934 bits per heavy atom. The fourth-order valence-electron chi connectivity index (χ4n) is 9.72. The second-order valence-corrected chi connectivity index (χ2v) is 18.7. The van der Waals surface area contributed by atoms with E-state index in [9.17, 15) is 24.0 Å². The number of hydrogen-bond acceptors (Lipinski definition) is 11. The van der Waals surface area contributed by atoms with Crippen molar-refractivity contribution in [3.05, 3.63) is 91.6 Å². The number of amides is 5. The molecule has 2 aromatic carbocycles. The van der Waals surface area contributed by atoms with E-state index in [4.69, 9.17) is 16.6 Å². The summed E-state index contributed by atoms with van der Waals surface area (Å²) >= 11 is 7.96. The van der Waals surface area contributed by atoms with E-state index in [1.807, 2.05) is 41.0 Å². The summed E-state index contributed by atoms with van der Waals surface area (Å²) in [6.07, 6.45) is 1.89. The van der Waals surface area contributed by atoms with Gasteiger partial charge in [0.05, 0.1) is 28.9 Å². The number of thiophene rings is 1. The zero-order valence-corrected chi connectivity index (χ0v) is 36.3. The number of halogens is 2. The minimum atomic E-state index is -1.12. The van der Waals surface area contributed by atoms with Gasteiger partial charge in [-0.05, 0) is 89.6 Å². The van der Waals surface area contributed by atoms with Crippen LogP contribution in [0.3, 0.4) is 0 Å². The highest BCUT2D eigenvalue weighted by Crippen LogP contribution is 2.40. The molecule has 0 radical (unpaired) electrons. The molecule has 0 bridgehead atoms. The van der Waals surface area contributed by atoms with Crippen LogP contribution in [0.4, 0.5) is 10.1 Å². The number of carbonyl (C=O) groups excluding carboxylic acids is 5. The van der Waals surface area contributed by atoms with Gasteiger partial charge in [-0.1, -0.05) is 23.7 Å². The van der Waals surface area contributed by atoms with Gasteiger partial charge in [0, 0.05) is 72.3 Å². The fourth-order valence-corrected chi connectivity index (χ4v) is 11.1. The van der Waals surface area contributed by atoms with Gasteiger partial charge in [-0.2, -0.15) is 0 Å². The second-order valence-electron chi connectivity index (χ2n) is 17.0. The van der Waals surface area contributed by atoms with Crippen molar-refractivity contribution in [1.29, 1.82) is 0 Å². The molecular formula is C44H47ClFN9O5S. The molecule has 14 nitrogen and oxygen atoms in total. The summed E-state index contributed by atoms with van der Waals surface area (Å²) in [5, 5.41) is 12.8. The fraction of sp³-hybridized carbons (Fsp3) is 0.455. The molecule has 0 spiro atoms. The molecule has 1 N–H and O–H groups in total. The van der Waals surface area contributed by atoms with Crippen LogP contribution in [-0.2, 0) is 14.4 Å². The third kappa shape index (κ3) is 7.25. The Bertz CT molecular complexity index is 2520. The van der Waals surface area contributed by atoms with Gasteiger partial charge < -0.3 is 9.80 Å². The Balaban J connectivity index is 0.849. The Morgan fingerprint density at radius 3 is 2.28 bits per heavy atom. The number of fused-ring (bicyclic) bond motifs is 4. The van der Waals surface area contributed by atoms with Gasteiger partial charge in [0.15, 0.2) is 5.82 Å². The van der Waals surface area contributed by atoms with Crippen LogP contribution in [0.2, 0.25) is 5.02 Å². The topological polar surface area (TPSA) is 153 Å². The number of benzene rings is 2. The highest BCUT2D eigenvalue weighted by atomic mass is 35.5. The lowest BCUT2D eigenvalue weighted by Gasteiger charge is -2.47. The van der Waals surface area contributed by atoms with E-state index in [-0.39, 0.29) is 54.1 Å². The maximum atomic E-state index is 15.8. The number of aromatic nitrogens is 3. The van der Waals surface area contributed by atoms with Crippen molar-refractivity contribution >= 4 is 63.9 Å². The van der Waals surface area contributed by atoms with Crippen LogP contribution in [0.5, 0.6) is 0 Å².